The molecule has 0 saturated carbocycles. The minimum absolute atomic E-state index is 0.131. The number of rotatable bonds is 3. The van der Waals surface area contributed by atoms with Crippen LogP contribution in [0.1, 0.15) is 30.7 Å². The summed E-state index contributed by atoms with van der Waals surface area (Å²) in [4.78, 5) is 22.8. The maximum Gasteiger partial charge on any atom is 0.221 e. The molecule has 1 N–H and O–H groups in total. The molecule has 4 heterocycles. The normalized spacial score (nSPS) is 22.2. The number of anilines is 1. The maximum atomic E-state index is 12.2. The van der Waals surface area contributed by atoms with E-state index in [9.17, 15) is 4.79 Å². The van der Waals surface area contributed by atoms with Gasteiger partial charge in [0.05, 0.1) is 18.8 Å². The number of piperidine rings is 1. The Kier molecular flexibility index (Phi) is 3.82. The standard InChI is InChI=1S/C17H22N6O2/c1-22-10-12(9-20-22)13-7-15(24)21-17(13)3-5-23(6-4-17)14-8-16(25-2)19-11-18-14/h8-11,13H,3-7H2,1-2H3,(H,21,24). The van der Waals surface area contributed by atoms with Gasteiger partial charge in [0.25, 0.3) is 0 Å². The highest BCUT2D eigenvalue weighted by atomic mass is 16.5. The van der Waals surface area contributed by atoms with E-state index in [0.29, 0.717) is 12.3 Å². The van der Waals surface area contributed by atoms with E-state index in [1.54, 1.807) is 11.8 Å². The number of methoxy groups -OCH3 is 1. The maximum absolute atomic E-state index is 12.2. The molecular formula is C17H22N6O2. The molecule has 1 amide bonds. The molecule has 1 atom stereocenters. The second kappa shape index (κ2) is 6.02. The van der Waals surface area contributed by atoms with Crippen molar-refractivity contribution in [3.8, 4) is 5.88 Å². The Morgan fingerprint density at radius 3 is 2.80 bits per heavy atom. The topological polar surface area (TPSA) is 85.2 Å². The fourth-order valence-electron chi connectivity index (χ4n) is 4.08. The lowest BCUT2D eigenvalue weighted by molar-refractivity contribution is -0.119. The van der Waals surface area contributed by atoms with Crippen molar-refractivity contribution in [3.05, 3.63) is 30.4 Å². The number of aryl methyl sites for hydroxylation is 1. The van der Waals surface area contributed by atoms with Crippen molar-refractivity contribution in [2.75, 3.05) is 25.1 Å². The van der Waals surface area contributed by atoms with Crippen LogP contribution in [0.25, 0.3) is 0 Å². The Morgan fingerprint density at radius 1 is 1.32 bits per heavy atom. The molecule has 2 aromatic rings. The molecule has 2 saturated heterocycles. The number of amides is 1. The highest BCUT2D eigenvalue weighted by Crippen LogP contribution is 2.43. The van der Waals surface area contributed by atoms with E-state index in [2.05, 4.69) is 25.3 Å². The van der Waals surface area contributed by atoms with Crippen molar-refractivity contribution in [1.29, 1.82) is 0 Å². The summed E-state index contributed by atoms with van der Waals surface area (Å²) >= 11 is 0. The summed E-state index contributed by atoms with van der Waals surface area (Å²) in [5.74, 6) is 1.73. The van der Waals surface area contributed by atoms with Gasteiger partial charge in [0.15, 0.2) is 0 Å². The van der Waals surface area contributed by atoms with Crippen molar-refractivity contribution >= 4 is 11.7 Å². The average Bonchev–Trinajstić information content (AvgIpc) is 3.19. The smallest absolute Gasteiger partial charge is 0.221 e. The van der Waals surface area contributed by atoms with Crippen molar-refractivity contribution < 1.29 is 9.53 Å². The third-order valence-corrected chi connectivity index (χ3v) is 5.39. The molecular weight excluding hydrogens is 320 g/mol. The molecule has 25 heavy (non-hydrogen) atoms. The molecule has 1 unspecified atom stereocenters. The van der Waals surface area contributed by atoms with Gasteiger partial charge in [-0.15, -0.1) is 0 Å². The SMILES string of the molecule is COc1cc(N2CCC3(CC2)NC(=O)CC3c2cnn(C)c2)ncn1. The predicted octanol–water partition coefficient (Wildman–Crippen LogP) is 0.861. The molecule has 132 valence electrons. The van der Waals surface area contributed by atoms with Gasteiger partial charge < -0.3 is 15.0 Å². The summed E-state index contributed by atoms with van der Waals surface area (Å²) < 4.78 is 6.99. The highest BCUT2D eigenvalue weighted by molar-refractivity contribution is 5.81. The Balaban J connectivity index is 1.53. The lowest BCUT2D eigenvalue weighted by Crippen LogP contribution is -2.53. The highest BCUT2D eigenvalue weighted by Gasteiger charge is 2.49. The summed E-state index contributed by atoms with van der Waals surface area (Å²) in [6.07, 6.45) is 7.72. The Labute approximate surface area is 146 Å². The van der Waals surface area contributed by atoms with E-state index in [4.69, 9.17) is 4.74 Å². The van der Waals surface area contributed by atoms with Crippen LogP contribution < -0.4 is 15.0 Å². The third kappa shape index (κ3) is 2.81. The minimum Gasteiger partial charge on any atom is -0.481 e. The lowest BCUT2D eigenvalue weighted by Gasteiger charge is -2.43. The third-order valence-electron chi connectivity index (χ3n) is 5.39. The summed E-state index contributed by atoms with van der Waals surface area (Å²) in [6, 6.07) is 1.85. The van der Waals surface area contributed by atoms with E-state index in [-0.39, 0.29) is 17.4 Å². The Morgan fingerprint density at radius 2 is 2.12 bits per heavy atom. The first-order chi connectivity index (χ1) is 12.1. The van der Waals surface area contributed by atoms with Gasteiger partial charge in [-0.3, -0.25) is 9.48 Å². The fourth-order valence-corrected chi connectivity index (χ4v) is 4.08. The number of aromatic nitrogens is 4. The van der Waals surface area contributed by atoms with Crippen LogP contribution in [0.5, 0.6) is 5.88 Å². The lowest BCUT2D eigenvalue weighted by atomic mass is 9.75. The number of nitrogens with zero attached hydrogens (tertiary/aromatic N) is 5. The Hall–Kier alpha value is -2.64. The molecule has 0 aromatic carbocycles. The van der Waals surface area contributed by atoms with Crippen LogP contribution in [0.4, 0.5) is 5.82 Å². The fraction of sp³-hybridized carbons (Fsp3) is 0.529. The van der Waals surface area contributed by atoms with E-state index < -0.39 is 0 Å². The number of carbonyl (C=O) groups is 1. The van der Waals surface area contributed by atoms with E-state index in [1.165, 1.54) is 6.33 Å². The monoisotopic (exact) mass is 342 g/mol. The molecule has 0 radical (unpaired) electrons. The van der Waals surface area contributed by atoms with Gasteiger partial charge in [0.1, 0.15) is 12.1 Å². The zero-order valence-corrected chi connectivity index (χ0v) is 14.5. The number of hydrogen-bond donors (Lipinski definition) is 1. The van der Waals surface area contributed by atoms with Crippen molar-refractivity contribution in [2.24, 2.45) is 7.05 Å². The largest absolute Gasteiger partial charge is 0.481 e. The molecule has 2 fully saturated rings. The first-order valence-electron chi connectivity index (χ1n) is 8.50. The Bertz CT molecular complexity index is 781. The van der Waals surface area contributed by atoms with Crippen LogP contribution in [0, 0.1) is 0 Å². The van der Waals surface area contributed by atoms with Crippen LogP contribution in [0.3, 0.4) is 0 Å². The molecule has 2 aliphatic heterocycles. The number of nitrogens with one attached hydrogen (secondary N) is 1. The number of hydrogen-bond acceptors (Lipinski definition) is 6. The molecule has 2 aromatic heterocycles. The molecule has 2 aliphatic rings. The molecule has 1 spiro atoms. The van der Waals surface area contributed by atoms with Gasteiger partial charge in [-0.1, -0.05) is 0 Å². The zero-order valence-electron chi connectivity index (χ0n) is 14.5. The van der Waals surface area contributed by atoms with E-state index in [0.717, 1.165) is 37.3 Å². The summed E-state index contributed by atoms with van der Waals surface area (Å²) in [6.45, 7) is 1.66. The second-order valence-electron chi connectivity index (χ2n) is 6.81. The summed E-state index contributed by atoms with van der Waals surface area (Å²) in [5.41, 5.74) is 0.950. The minimum atomic E-state index is -0.187. The van der Waals surface area contributed by atoms with Gasteiger partial charge in [0, 0.05) is 44.7 Å². The van der Waals surface area contributed by atoms with Gasteiger partial charge in [0.2, 0.25) is 11.8 Å². The molecule has 0 bridgehead atoms. The second-order valence-corrected chi connectivity index (χ2v) is 6.81. The van der Waals surface area contributed by atoms with Crippen LogP contribution in [0.15, 0.2) is 24.8 Å². The molecule has 8 nitrogen and oxygen atoms in total. The van der Waals surface area contributed by atoms with Crippen molar-refractivity contribution in [2.45, 2.75) is 30.7 Å². The average molecular weight is 342 g/mol. The van der Waals surface area contributed by atoms with Gasteiger partial charge >= 0.3 is 0 Å². The summed E-state index contributed by atoms with van der Waals surface area (Å²) in [7, 11) is 3.51. The van der Waals surface area contributed by atoms with Crippen molar-refractivity contribution in [3.63, 3.8) is 0 Å². The van der Waals surface area contributed by atoms with Gasteiger partial charge in [-0.05, 0) is 18.4 Å². The van der Waals surface area contributed by atoms with Crippen LogP contribution >= 0.6 is 0 Å². The quantitative estimate of drug-likeness (QED) is 0.891. The van der Waals surface area contributed by atoms with Crippen LogP contribution in [0.2, 0.25) is 0 Å². The number of carbonyl (C=O) groups excluding carboxylic acids is 1. The molecule has 8 heteroatoms. The van der Waals surface area contributed by atoms with E-state index in [1.807, 2.05) is 25.5 Å². The molecule has 0 aliphatic carbocycles. The zero-order chi connectivity index (χ0) is 17.4. The van der Waals surface area contributed by atoms with E-state index >= 15 is 0 Å². The summed E-state index contributed by atoms with van der Waals surface area (Å²) in [5, 5.41) is 7.54. The van der Waals surface area contributed by atoms with Crippen molar-refractivity contribution in [1.82, 2.24) is 25.1 Å². The van der Waals surface area contributed by atoms with Crippen LogP contribution in [-0.4, -0.2) is 51.4 Å². The first kappa shape index (κ1) is 15.9. The molecule has 4 rings (SSSR count). The van der Waals surface area contributed by atoms with Crippen LogP contribution in [-0.2, 0) is 11.8 Å². The van der Waals surface area contributed by atoms with Gasteiger partial charge in [-0.25, -0.2) is 9.97 Å². The van der Waals surface area contributed by atoms with Gasteiger partial charge in [-0.2, -0.15) is 5.10 Å². The predicted molar refractivity (Wildman–Crippen MR) is 91.5 cm³/mol. The first-order valence-corrected chi connectivity index (χ1v) is 8.50. The number of ether oxygens (including phenoxy) is 1.